The Hall–Kier alpha value is -2.29. The summed E-state index contributed by atoms with van der Waals surface area (Å²) in [4.78, 5) is 12.2. The Morgan fingerprint density at radius 2 is 1.91 bits per heavy atom. The number of phenols is 1. The van der Waals surface area contributed by atoms with Crippen molar-refractivity contribution < 1.29 is 9.90 Å². The smallest absolute Gasteiger partial charge is 0.220 e. The number of aromatic hydroxyl groups is 1. The Balaban J connectivity index is 1.60. The van der Waals surface area contributed by atoms with Crippen molar-refractivity contribution >= 4 is 5.91 Å². The normalized spacial score (nSPS) is 16.8. The van der Waals surface area contributed by atoms with E-state index in [1.807, 2.05) is 18.2 Å². The highest BCUT2D eigenvalue weighted by Gasteiger charge is 2.21. The maximum atomic E-state index is 12.2. The van der Waals surface area contributed by atoms with Gasteiger partial charge in [0.25, 0.3) is 0 Å². The molecule has 1 amide bonds. The van der Waals surface area contributed by atoms with Crippen molar-refractivity contribution in [3.63, 3.8) is 0 Å². The van der Waals surface area contributed by atoms with Gasteiger partial charge >= 0.3 is 0 Å². The molecule has 0 saturated carbocycles. The van der Waals surface area contributed by atoms with E-state index >= 15 is 0 Å². The van der Waals surface area contributed by atoms with Crippen molar-refractivity contribution in [2.75, 3.05) is 0 Å². The van der Waals surface area contributed by atoms with E-state index in [0.717, 1.165) is 24.8 Å². The van der Waals surface area contributed by atoms with Crippen LogP contribution in [-0.4, -0.2) is 11.0 Å². The summed E-state index contributed by atoms with van der Waals surface area (Å²) < 4.78 is 0. The Morgan fingerprint density at radius 1 is 1.14 bits per heavy atom. The average Bonchev–Trinajstić information content (AvgIpc) is 2.54. The van der Waals surface area contributed by atoms with E-state index in [9.17, 15) is 9.90 Å². The van der Waals surface area contributed by atoms with Gasteiger partial charge in [-0.1, -0.05) is 42.5 Å². The van der Waals surface area contributed by atoms with Crippen LogP contribution in [0.3, 0.4) is 0 Å². The van der Waals surface area contributed by atoms with E-state index in [0.29, 0.717) is 12.8 Å². The minimum atomic E-state index is 0.0463. The number of para-hydroxylation sites is 1. The molecular formula is C19H21NO2. The molecule has 0 fully saturated rings. The van der Waals surface area contributed by atoms with Crippen LogP contribution >= 0.6 is 0 Å². The molecule has 22 heavy (non-hydrogen) atoms. The van der Waals surface area contributed by atoms with Crippen LogP contribution in [0.4, 0.5) is 0 Å². The van der Waals surface area contributed by atoms with Gasteiger partial charge in [-0.15, -0.1) is 0 Å². The molecule has 0 heterocycles. The maximum absolute atomic E-state index is 12.2. The lowest BCUT2D eigenvalue weighted by atomic mass is 9.87. The summed E-state index contributed by atoms with van der Waals surface area (Å²) in [7, 11) is 0. The fourth-order valence-corrected chi connectivity index (χ4v) is 3.14. The zero-order chi connectivity index (χ0) is 15.4. The number of rotatable bonds is 4. The summed E-state index contributed by atoms with van der Waals surface area (Å²) in [6.07, 6.45) is 4.17. The Kier molecular flexibility index (Phi) is 4.42. The van der Waals surface area contributed by atoms with Crippen molar-refractivity contribution in [2.45, 2.75) is 38.1 Å². The number of aryl methyl sites for hydroxylation is 2. The number of amides is 1. The highest BCUT2D eigenvalue weighted by molar-refractivity contribution is 5.77. The van der Waals surface area contributed by atoms with Crippen LogP contribution in [0.1, 0.15) is 42.0 Å². The monoisotopic (exact) mass is 295 g/mol. The van der Waals surface area contributed by atoms with Crippen LogP contribution < -0.4 is 5.32 Å². The van der Waals surface area contributed by atoms with Gasteiger partial charge in [-0.25, -0.2) is 0 Å². The Bertz CT molecular complexity index is 666. The number of carbonyl (C=O) groups is 1. The summed E-state index contributed by atoms with van der Waals surface area (Å²) in [6.45, 7) is 0. The summed E-state index contributed by atoms with van der Waals surface area (Å²) in [6, 6.07) is 15.7. The van der Waals surface area contributed by atoms with E-state index in [1.165, 1.54) is 11.1 Å². The molecule has 0 saturated heterocycles. The molecule has 0 aromatic heterocycles. The molecule has 3 rings (SSSR count). The van der Waals surface area contributed by atoms with Crippen molar-refractivity contribution in [3.8, 4) is 5.75 Å². The summed E-state index contributed by atoms with van der Waals surface area (Å²) in [5.41, 5.74) is 3.42. The Morgan fingerprint density at radius 3 is 2.77 bits per heavy atom. The first-order valence-corrected chi connectivity index (χ1v) is 7.88. The zero-order valence-electron chi connectivity index (χ0n) is 12.6. The van der Waals surface area contributed by atoms with E-state index in [-0.39, 0.29) is 17.7 Å². The lowest BCUT2D eigenvalue weighted by molar-refractivity contribution is -0.121. The predicted octanol–water partition coefficient (Wildman–Crippen LogP) is 3.52. The SMILES string of the molecule is O=C(CCc1ccccc1O)N[C@@H]1CCCc2ccccc21. The van der Waals surface area contributed by atoms with Crippen molar-refractivity contribution in [1.82, 2.24) is 5.32 Å². The van der Waals surface area contributed by atoms with E-state index in [2.05, 4.69) is 23.5 Å². The van der Waals surface area contributed by atoms with Gasteiger partial charge < -0.3 is 10.4 Å². The number of hydrogen-bond donors (Lipinski definition) is 2. The first kappa shape index (κ1) is 14.6. The number of fused-ring (bicyclic) bond motifs is 1. The number of hydrogen-bond acceptors (Lipinski definition) is 2. The highest BCUT2D eigenvalue weighted by Crippen LogP contribution is 2.29. The summed E-state index contributed by atoms with van der Waals surface area (Å²) in [5.74, 6) is 0.309. The second-order valence-electron chi connectivity index (χ2n) is 5.84. The van der Waals surface area contributed by atoms with E-state index in [4.69, 9.17) is 0 Å². The fourth-order valence-electron chi connectivity index (χ4n) is 3.14. The topological polar surface area (TPSA) is 49.3 Å². The van der Waals surface area contributed by atoms with Crippen molar-refractivity contribution in [3.05, 3.63) is 65.2 Å². The van der Waals surface area contributed by atoms with Crippen LogP contribution in [0.2, 0.25) is 0 Å². The molecule has 1 aliphatic carbocycles. The van der Waals surface area contributed by atoms with Gasteiger partial charge in [0.15, 0.2) is 0 Å². The van der Waals surface area contributed by atoms with Gasteiger partial charge in [0.2, 0.25) is 5.91 Å². The molecule has 0 radical (unpaired) electrons. The van der Waals surface area contributed by atoms with E-state index < -0.39 is 0 Å². The minimum absolute atomic E-state index is 0.0463. The van der Waals surface area contributed by atoms with Gasteiger partial charge in [0.1, 0.15) is 5.75 Å². The molecule has 3 nitrogen and oxygen atoms in total. The van der Waals surface area contributed by atoms with Gasteiger partial charge in [-0.3, -0.25) is 4.79 Å². The number of phenolic OH excluding ortho intramolecular Hbond substituents is 1. The van der Waals surface area contributed by atoms with Crippen LogP contribution in [0.5, 0.6) is 5.75 Å². The third kappa shape index (κ3) is 3.30. The largest absolute Gasteiger partial charge is 0.508 e. The van der Waals surface area contributed by atoms with Gasteiger partial charge in [-0.2, -0.15) is 0 Å². The van der Waals surface area contributed by atoms with E-state index in [1.54, 1.807) is 12.1 Å². The molecule has 1 atom stereocenters. The quantitative estimate of drug-likeness (QED) is 0.906. The second kappa shape index (κ2) is 6.65. The average molecular weight is 295 g/mol. The summed E-state index contributed by atoms with van der Waals surface area (Å²) in [5, 5.41) is 12.9. The lowest BCUT2D eigenvalue weighted by Crippen LogP contribution is -2.31. The third-order valence-electron chi connectivity index (χ3n) is 4.32. The molecule has 0 bridgehead atoms. The fraction of sp³-hybridized carbons (Fsp3) is 0.316. The third-order valence-corrected chi connectivity index (χ3v) is 4.32. The number of nitrogens with one attached hydrogen (secondary N) is 1. The van der Waals surface area contributed by atoms with Crippen molar-refractivity contribution in [2.24, 2.45) is 0 Å². The highest BCUT2D eigenvalue weighted by atomic mass is 16.3. The van der Waals surface area contributed by atoms with Gasteiger partial charge in [0.05, 0.1) is 6.04 Å². The molecular weight excluding hydrogens is 274 g/mol. The minimum Gasteiger partial charge on any atom is -0.508 e. The van der Waals surface area contributed by atoms with Crippen LogP contribution in [0.15, 0.2) is 48.5 Å². The first-order valence-electron chi connectivity index (χ1n) is 7.88. The Labute approximate surface area is 131 Å². The molecule has 0 spiro atoms. The van der Waals surface area contributed by atoms with Gasteiger partial charge in [0, 0.05) is 6.42 Å². The predicted molar refractivity (Wildman–Crippen MR) is 86.7 cm³/mol. The lowest BCUT2D eigenvalue weighted by Gasteiger charge is -2.26. The molecule has 0 aliphatic heterocycles. The molecule has 3 heteroatoms. The van der Waals surface area contributed by atoms with Crippen molar-refractivity contribution in [1.29, 1.82) is 0 Å². The standard InChI is InChI=1S/C19H21NO2/c21-18-11-4-2-7-15(18)12-13-19(22)20-17-10-5-8-14-6-1-3-9-16(14)17/h1-4,6-7,9,11,17,21H,5,8,10,12-13H2,(H,20,22)/t17-/m1/s1. The van der Waals surface area contributed by atoms with Crippen LogP contribution in [0.25, 0.3) is 0 Å². The zero-order valence-corrected chi connectivity index (χ0v) is 12.6. The molecule has 1 aliphatic rings. The van der Waals surface area contributed by atoms with Gasteiger partial charge in [-0.05, 0) is 48.4 Å². The van der Waals surface area contributed by atoms with Crippen LogP contribution in [0, 0.1) is 0 Å². The van der Waals surface area contributed by atoms with Crippen LogP contribution in [-0.2, 0) is 17.6 Å². The second-order valence-corrected chi connectivity index (χ2v) is 5.84. The molecule has 0 unspecified atom stereocenters. The number of benzene rings is 2. The first-order chi connectivity index (χ1) is 10.7. The summed E-state index contributed by atoms with van der Waals surface area (Å²) >= 11 is 0. The molecule has 2 N–H and O–H groups in total. The number of carbonyl (C=O) groups excluding carboxylic acids is 1. The maximum Gasteiger partial charge on any atom is 0.220 e. The molecule has 114 valence electrons. The molecule has 2 aromatic carbocycles. The molecule has 2 aromatic rings.